The monoisotopic (exact) mass is 240 g/mol. The molecule has 1 aliphatic rings. The van der Waals surface area contributed by atoms with Crippen molar-refractivity contribution in [3.8, 4) is 0 Å². The van der Waals surface area contributed by atoms with E-state index in [0.29, 0.717) is 5.69 Å². The number of Topliss-reactive ketones (excluding diaryl/α,β-unsaturated/α-hetero) is 1. The average molecular weight is 240 g/mol. The molecule has 0 radical (unpaired) electrons. The molecule has 0 amide bonds. The molecule has 0 aromatic carbocycles. The van der Waals surface area contributed by atoms with Gasteiger partial charge in [-0.3, -0.25) is 4.79 Å². The normalized spacial score (nSPS) is 16.8. The van der Waals surface area contributed by atoms with Gasteiger partial charge in [-0.1, -0.05) is 13.8 Å². The fourth-order valence-electron chi connectivity index (χ4n) is 1.57. The second-order valence-electron chi connectivity index (χ2n) is 4.13. The van der Waals surface area contributed by atoms with Gasteiger partial charge in [0.25, 0.3) is 0 Å². The summed E-state index contributed by atoms with van der Waals surface area (Å²) in [6.07, 6.45) is 0. The fourth-order valence-corrected chi connectivity index (χ4v) is 2.44. The van der Waals surface area contributed by atoms with Crippen LogP contribution in [0.25, 0.3) is 0 Å². The van der Waals surface area contributed by atoms with Gasteiger partial charge in [-0.15, -0.1) is 11.3 Å². The fraction of sp³-hybridized carbons (Fsp3) is 0.636. The number of carbonyl (C=O) groups excluding carboxylic acids is 1. The molecule has 0 aliphatic carbocycles. The van der Waals surface area contributed by atoms with Crippen molar-refractivity contribution < 1.29 is 9.53 Å². The number of hydrogen-bond donors (Lipinski definition) is 0. The van der Waals surface area contributed by atoms with E-state index in [4.69, 9.17) is 4.74 Å². The predicted octanol–water partition coefficient (Wildman–Crippen LogP) is 1.82. The Balaban J connectivity index is 2.09. The summed E-state index contributed by atoms with van der Waals surface area (Å²) in [4.78, 5) is 18.3. The van der Waals surface area contributed by atoms with Gasteiger partial charge in [-0.05, 0) is 0 Å². The number of aromatic nitrogens is 1. The molecule has 1 aliphatic heterocycles. The van der Waals surface area contributed by atoms with Crippen LogP contribution in [0, 0.1) is 5.92 Å². The Bertz CT molecular complexity index is 370. The van der Waals surface area contributed by atoms with E-state index in [1.807, 2.05) is 19.2 Å². The van der Waals surface area contributed by atoms with E-state index in [2.05, 4.69) is 9.88 Å². The average Bonchev–Trinajstić information content (AvgIpc) is 2.78. The molecule has 16 heavy (non-hydrogen) atoms. The molecule has 0 atom stereocenters. The van der Waals surface area contributed by atoms with Gasteiger partial charge in [-0.25, -0.2) is 4.98 Å². The summed E-state index contributed by atoms with van der Waals surface area (Å²) in [6, 6.07) is 0. The van der Waals surface area contributed by atoms with Crippen LogP contribution in [0.2, 0.25) is 0 Å². The van der Waals surface area contributed by atoms with E-state index < -0.39 is 0 Å². The molecule has 1 aromatic heterocycles. The molecule has 2 rings (SSSR count). The Morgan fingerprint density at radius 1 is 1.50 bits per heavy atom. The van der Waals surface area contributed by atoms with Crippen LogP contribution in [0.4, 0.5) is 5.13 Å². The molecule has 1 saturated heterocycles. The highest BCUT2D eigenvalue weighted by atomic mass is 32.1. The van der Waals surface area contributed by atoms with Gasteiger partial charge in [0.2, 0.25) is 0 Å². The summed E-state index contributed by atoms with van der Waals surface area (Å²) in [7, 11) is 0. The number of hydrogen-bond acceptors (Lipinski definition) is 5. The second kappa shape index (κ2) is 4.93. The molecule has 0 bridgehead atoms. The van der Waals surface area contributed by atoms with Gasteiger partial charge in [-0.2, -0.15) is 0 Å². The third-order valence-electron chi connectivity index (χ3n) is 2.55. The van der Waals surface area contributed by atoms with Crippen molar-refractivity contribution in [1.82, 2.24) is 4.98 Å². The molecular formula is C11H16N2O2S. The minimum Gasteiger partial charge on any atom is -0.378 e. The molecule has 5 heteroatoms. The topological polar surface area (TPSA) is 42.4 Å². The van der Waals surface area contributed by atoms with Crippen molar-refractivity contribution in [2.75, 3.05) is 31.2 Å². The van der Waals surface area contributed by atoms with E-state index in [1.165, 1.54) is 0 Å². The Morgan fingerprint density at radius 2 is 2.19 bits per heavy atom. The van der Waals surface area contributed by atoms with E-state index in [1.54, 1.807) is 11.3 Å². The zero-order valence-electron chi connectivity index (χ0n) is 9.60. The Labute approximate surface area is 99.2 Å². The quantitative estimate of drug-likeness (QED) is 0.756. The lowest BCUT2D eigenvalue weighted by Crippen LogP contribution is -2.36. The predicted molar refractivity (Wildman–Crippen MR) is 64.3 cm³/mol. The number of ether oxygens (including phenoxy) is 1. The molecule has 0 N–H and O–H groups in total. The SMILES string of the molecule is CC(C)C(=O)c1csc(N2CCOCC2)n1. The minimum atomic E-state index is 0.0136. The molecule has 0 unspecified atom stereocenters. The van der Waals surface area contributed by atoms with Crippen LogP contribution in [0.5, 0.6) is 0 Å². The van der Waals surface area contributed by atoms with Gasteiger partial charge in [0.05, 0.1) is 13.2 Å². The number of anilines is 1. The lowest BCUT2D eigenvalue weighted by molar-refractivity contribution is 0.0935. The first-order valence-electron chi connectivity index (χ1n) is 5.51. The smallest absolute Gasteiger partial charge is 0.186 e. The molecule has 4 nitrogen and oxygen atoms in total. The van der Waals surface area contributed by atoms with Crippen LogP contribution in [-0.4, -0.2) is 37.1 Å². The summed E-state index contributed by atoms with van der Waals surface area (Å²) in [5.74, 6) is 0.135. The van der Waals surface area contributed by atoms with E-state index in [0.717, 1.165) is 31.4 Å². The molecular weight excluding hydrogens is 224 g/mol. The Morgan fingerprint density at radius 3 is 2.81 bits per heavy atom. The molecule has 1 fully saturated rings. The Kier molecular flexibility index (Phi) is 3.56. The van der Waals surface area contributed by atoms with Crippen molar-refractivity contribution >= 4 is 22.3 Å². The summed E-state index contributed by atoms with van der Waals surface area (Å²) in [6.45, 7) is 7.01. The highest BCUT2D eigenvalue weighted by Gasteiger charge is 2.18. The van der Waals surface area contributed by atoms with Crippen LogP contribution in [-0.2, 0) is 4.74 Å². The number of nitrogens with zero attached hydrogens (tertiary/aromatic N) is 2. The molecule has 0 saturated carbocycles. The zero-order chi connectivity index (χ0) is 11.5. The minimum absolute atomic E-state index is 0.0136. The third kappa shape index (κ3) is 2.41. The van der Waals surface area contributed by atoms with Crippen molar-refractivity contribution in [2.24, 2.45) is 5.92 Å². The number of morpholine rings is 1. The maximum atomic E-state index is 11.7. The van der Waals surface area contributed by atoms with Crippen molar-refractivity contribution in [3.63, 3.8) is 0 Å². The van der Waals surface area contributed by atoms with Crippen molar-refractivity contribution in [2.45, 2.75) is 13.8 Å². The van der Waals surface area contributed by atoms with Crippen molar-refractivity contribution in [1.29, 1.82) is 0 Å². The van der Waals surface area contributed by atoms with E-state index in [9.17, 15) is 4.79 Å². The maximum Gasteiger partial charge on any atom is 0.186 e. The summed E-state index contributed by atoms with van der Waals surface area (Å²) in [5.41, 5.74) is 0.599. The first-order valence-corrected chi connectivity index (χ1v) is 6.39. The van der Waals surface area contributed by atoms with Crippen LogP contribution in [0.1, 0.15) is 24.3 Å². The summed E-state index contributed by atoms with van der Waals surface area (Å²) in [5, 5.41) is 2.79. The lowest BCUT2D eigenvalue weighted by atomic mass is 10.1. The summed E-state index contributed by atoms with van der Waals surface area (Å²) < 4.78 is 5.28. The zero-order valence-corrected chi connectivity index (χ0v) is 10.4. The first-order chi connectivity index (χ1) is 7.68. The standard InChI is InChI=1S/C11H16N2O2S/c1-8(2)10(14)9-7-16-11(12-9)13-3-5-15-6-4-13/h7-8H,3-6H2,1-2H3. The largest absolute Gasteiger partial charge is 0.378 e. The third-order valence-corrected chi connectivity index (χ3v) is 3.45. The highest BCUT2D eigenvalue weighted by Crippen LogP contribution is 2.22. The van der Waals surface area contributed by atoms with Gasteiger partial charge in [0.15, 0.2) is 10.9 Å². The van der Waals surface area contributed by atoms with Crippen LogP contribution in [0.3, 0.4) is 0 Å². The number of ketones is 1. The number of rotatable bonds is 3. The van der Waals surface area contributed by atoms with Crippen LogP contribution in [0.15, 0.2) is 5.38 Å². The number of carbonyl (C=O) groups is 1. The first kappa shape index (κ1) is 11.5. The Hall–Kier alpha value is -0.940. The van der Waals surface area contributed by atoms with Gasteiger partial charge in [0.1, 0.15) is 5.69 Å². The second-order valence-corrected chi connectivity index (χ2v) is 4.97. The van der Waals surface area contributed by atoms with Gasteiger partial charge >= 0.3 is 0 Å². The summed E-state index contributed by atoms with van der Waals surface area (Å²) >= 11 is 1.54. The molecule has 1 aromatic rings. The highest BCUT2D eigenvalue weighted by molar-refractivity contribution is 7.13. The van der Waals surface area contributed by atoms with Crippen molar-refractivity contribution in [3.05, 3.63) is 11.1 Å². The van der Waals surface area contributed by atoms with Crippen LogP contribution >= 0.6 is 11.3 Å². The molecule has 2 heterocycles. The number of thiazole rings is 1. The lowest BCUT2D eigenvalue weighted by Gasteiger charge is -2.25. The van der Waals surface area contributed by atoms with E-state index in [-0.39, 0.29) is 11.7 Å². The maximum absolute atomic E-state index is 11.7. The van der Waals surface area contributed by atoms with Crippen LogP contribution < -0.4 is 4.90 Å². The van der Waals surface area contributed by atoms with Gasteiger partial charge < -0.3 is 9.64 Å². The molecule has 88 valence electrons. The molecule has 0 spiro atoms. The van der Waals surface area contributed by atoms with Gasteiger partial charge in [0, 0.05) is 24.4 Å². The van der Waals surface area contributed by atoms with E-state index >= 15 is 0 Å².